The molecule has 5 nitrogen and oxygen atoms in total. The number of aliphatic hydroxyl groups excluding tert-OH is 1. The number of anilines is 1. The summed E-state index contributed by atoms with van der Waals surface area (Å²) in [5.41, 5.74) is 0. The summed E-state index contributed by atoms with van der Waals surface area (Å²) in [4.78, 5) is 7.52. The zero-order chi connectivity index (χ0) is 14.5. The fourth-order valence-corrected chi connectivity index (χ4v) is 3.44. The van der Waals surface area contributed by atoms with Crippen LogP contribution < -0.4 is 15.0 Å². The number of hydrogen-bond acceptors (Lipinski definition) is 6. The van der Waals surface area contributed by atoms with Crippen LogP contribution in [0.5, 0.6) is 5.88 Å². The molecule has 20 heavy (non-hydrogen) atoms. The Kier molecular flexibility index (Phi) is 5.63. The van der Waals surface area contributed by atoms with E-state index in [0.717, 1.165) is 29.3 Å². The van der Waals surface area contributed by atoms with Gasteiger partial charge in [-0.25, -0.2) is 0 Å². The number of aromatic nitrogens is 1. The molecule has 2 unspecified atom stereocenters. The Morgan fingerprint density at radius 1 is 1.35 bits per heavy atom. The Morgan fingerprint density at radius 2 is 2.10 bits per heavy atom. The van der Waals surface area contributed by atoms with Crippen molar-refractivity contribution in [1.29, 1.82) is 0 Å². The first kappa shape index (κ1) is 15.5. The molecule has 2 N–H and O–H groups in total. The van der Waals surface area contributed by atoms with Crippen molar-refractivity contribution >= 4 is 16.5 Å². The first-order valence-corrected chi connectivity index (χ1v) is 8.06. The summed E-state index contributed by atoms with van der Waals surface area (Å²) in [5, 5.41) is 14.6. The van der Waals surface area contributed by atoms with Crippen LogP contribution in [0.2, 0.25) is 0 Å². The highest BCUT2D eigenvalue weighted by Gasteiger charge is 2.22. The first-order valence-electron chi connectivity index (χ1n) is 7.24. The number of methoxy groups -OCH3 is 1. The summed E-state index contributed by atoms with van der Waals surface area (Å²) in [6, 6.07) is 0.187. The van der Waals surface area contributed by atoms with E-state index in [1.165, 1.54) is 12.8 Å². The second kappa shape index (κ2) is 7.24. The molecular formula is C14H25N3O2S. The molecule has 0 spiro atoms. The van der Waals surface area contributed by atoms with Gasteiger partial charge in [-0.1, -0.05) is 30.6 Å². The molecule has 6 heteroatoms. The molecule has 0 aliphatic heterocycles. The summed E-state index contributed by atoms with van der Waals surface area (Å²) < 4.78 is 5.34. The van der Waals surface area contributed by atoms with Gasteiger partial charge in [-0.3, -0.25) is 0 Å². The van der Waals surface area contributed by atoms with Gasteiger partial charge in [0.2, 0.25) is 5.88 Å². The second-order valence-corrected chi connectivity index (χ2v) is 6.58. The minimum Gasteiger partial charge on any atom is -0.480 e. The van der Waals surface area contributed by atoms with E-state index in [4.69, 9.17) is 4.74 Å². The van der Waals surface area contributed by atoms with Crippen molar-refractivity contribution in [2.75, 3.05) is 26.1 Å². The summed E-state index contributed by atoms with van der Waals surface area (Å²) in [5.74, 6) is 0.689. The molecule has 0 amide bonds. The van der Waals surface area contributed by atoms with Crippen molar-refractivity contribution in [3.63, 3.8) is 0 Å². The normalized spacial score (nSPS) is 23.4. The van der Waals surface area contributed by atoms with Gasteiger partial charge in [0, 0.05) is 26.7 Å². The summed E-state index contributed by atoms with van der Waals surface area (Å²) in [6.07, 6.45) is 5.27. The van der Waals surface area contributed by atoms with Gasteiger partial charge in [0.05, 0.1) is 18.1 Å². The SMILES string of the molecule is COc1nc(N(C)C)sc1CNC1CCCCCC1O. The Morgan fingerprint density at radius 3 is 2.80 bits per heavy atom. The number of hydrogen-bond donors (Lipinski definition) is 2. The fraction of sp³-hybridized carbons (Fsp3) is 0.786. The minimum atomic E-state index is -0.232. The van der Waals surface area contributed by atoms with E-state index in [1.54, 1.807) is 18.4 Å². The molecule has 0 bridgehead atoms. The third kappa shape index (κ3) is 3.84. The van der Waals surface area contributed by atoms with Crippen molar-refractivity contribution in [3.05, 3.63) is 4.88 Å². The van der Waals surface area contributed by atoms with E-state index < -0.39 is 0 Å². The van der Waals surface area contributed by atoms with Gasteiger partial charge in [0.1, 0.15) is 0 Å². The van der Waals surface area contributed by atoms with E-state index >= 15 is 0 Å². The Balaban J connectivity index is 1.98. The molecule has 0 aromatic carbocycles. The average Bonchev–Trinajstić information content (AvgIpc) is 2.74. The molecule has 2 atom stereocenters. The quantitative estimate of drug-likeness (QED) is 0.815. The van der Waals surface area contributed by atoms with Gasteiger partial charge in [0.15, 0.2) is 5.13 Å². The topological polar surface area (TPSA) is 57.6 Å². The van der Waals surface area contributed by atoms with Crippen LogP contribution in [0.15, 0.2) is 0 Å². The number of rotatable bonds is 5. The standard InChI is InChI=1S/C14H25N3O2S/c1-17(2)14-16-13(19-3)12(20-14)9-15-10-7-5-4-6-8-11(10)18/h10-11,15,18H,4-9H2,1-3H3. The van der Waals surface area contributed by atoms with E-state index in [2.05, 4.69) is 10.3 Å². The van der Waals surface area contributed by atoms with Crippen molar-refractivity contribution in [2.45, 2.75) is 50.8 Å². The van der Waals surface area contributed by atoms with Crippen molar-refractivity contribution in [3.8, 4) is 5.88 Å². The third-order valence-electron chi connectivity index (χ3n) is 3.73. The van der Waals surface area contributed by atoms with Gasteiger partial charge in [-0.2, -0.15) is 4.98 Å². The molecule has 1 heterocycles. The lowest BCUT2D eigenvalue weighted by atomic mass is 10.1. The van der Waals surface area contributed by atoms with Crippen LogP contribution in [0, 0.1) is 0 Å². The maximum absolute atomic E-state index is 10.1. The number of aliphatic hydroxyl groups is 1. The molecule has 1 aliphatic rings. The summed E-state index contributed by atoms with van der Waals surface area (Å²) >= 11 is 1.63. The van der Waals surface area contributed by atoms with Gasteiger partial charge in [-0.15, -0.1) is 0 Å². The Bertz CT molecular complexity index is 423. The van der Waals surface area contributed by atoms with Gasteiger partial charge in [0.25, 0.3) is 0 Å². The summed E-state index contributed by atoms with van der Waals surface area (Å²) in [7, 11) is 5.60. The van der Waals surface area contributed by atoms with E-state index in [1.807, 2.05) is 19.0 Å². The van der Waals surface area contributed by atoms with E-state index in [9.17, 15) is 5.11 Å². The minimum absolute atomic E-state index is 0.187. The van der Waals surface area contributed by atoms with Crippen molar-refractivity contribution in [1.82, 2.24) is 10.3 Å². The monoisotopic (exact) mass is 299 g/mol. The van der Waals surface area contributed by atoms with E-state index in [0.29, 0.717) is 12.4 Å². The first-order chi connectivity index (χ1) is 9.61. The molecule has 1 aliphatic carbocycles. The lowest BCUT2D eigenvalue weighted by Gasteiger charge is -2.21. The van der Waals surface area contributed by atoms with Crippen LogP contribution in [0.4, 0.5) is 5.13 Å². The van der Waals surface area contributed by atoms with Crippen LogP contribution in [0.3, 0.4) is 0 Å². The van der Waals surface area contributed by atoms with E-state index in [-0.39, 0.29) is 12.1 Å². The highest BCUT2D eigenvalue weighted by molar-refractivity contribution is 7.15. The van der Waals surface area contributed by atoms with Crippen LogP contribution in [0.1, 0.15) is 37.0 Å². The lowest BCUT2D eigenvalue weighted by molar-refractivity contribution is 0.119. The van der Waals surface area contributed by atoms with Gasteiger partial charge >= 0.3 is 0 Å². The van der Waals surface area contributed by atoms with Gasteiger partial charge < -0.3 is 20.1 Å². The number of nitrogens with zero attached hydrogens (tertiary/aromatic N) is 2. The highest BCUT2D eigenvalue weighted by Crippen LogP contribution is 2.30. The highest BCUT2D eigenvalue weighted by atomic mass is 32.1. The van der Waals surface area contributed by atoms with Crippen LogP contribution in [0.25, 0.3) is 0 Å². The Labute approximate surface area is 125 Å². The van der Waals surface area contributed by atoms with Crippen LogP contribution >= 0.6 is 11.3 Å². The second-order valence-electron chi connectivity index (χ2n) is 5.52. The maximum atomic E-state index is 10.1. The molecule has 0 radical (unpaired) electrons. The maximum Gasteiger partial charge on any atom is 0.230 e. The number of thiazole rings is 1. The molecule has 1 fully saturated rings. The van der Waals surface area contributed by atoms with Crippen molar-refractivity contribution < 1.29 is 9.84 Å². The molecular weight excluding hydrogens is 274 g/mol. The predicted octanol–water partition coefficient (Wildman–Crippen LogP) is 2.00. The number of nitrogens with one attached hydrogen (secondary N) is 1. The zero-order valence-electron chi connectivity index (χ0n) is 12.6. The van der Waals surface area contributed by atoms with Crippen molar-refractivity contribution in [2.24, 2.45) is 0 Å². The molecule has 114 valence electrons. The molecule has 0 saturated heterocycles. The molecule has 2 rings (SSSR count). The third-order valence-corrected chi connectivity index (χ3v) is 4.93. The summed E-state index contributed by atoms with van der Waals surface area (Å²) in [6.45, 7) is 0.705. The van der Waals surface area contributed by atoms with Crippen LogP contribution in [-0.2, 0) is 6.54 Å². The number of ether oxygens (including phenoxy) is 1. The zero-order valence-corrected chi connectivity index (χ0v) is 13.4. The largest absolute Gasteiger partial charge is 0.480 e. The molecule has 1 saturated carbocycles. The van der Waals surface area contributed by atoms with Gasteiger partial charge in [-0.05, 0) is 12.8 Å². The van der Waals surface area contributed by atoms with Crippen LogP contribution in [-0.4, -0.2) is 43.4 Å². The average molecular weight is 299 g/mol. The lowest BCUT2D eigenvalue weighted by Crippen LogP contribution is -2.38. The fourth-order valence-electron chi connectivity index (χ4n) is 2.54. The molecule has 1 aromatic heterocycles. The smallest absolute Gasteiger partial charge is 0.230 e. The predicted molar refractivity (Wildman–Crippen MR) is 82.7 cm³/mol. The molecule has 1 aromatic rings. The Hall–Kier alpha value is -0.850.